The second kappa shape index (κ2) is 6.25. The molecule has 4 rings (SSSR count). The fourth-order valence-corrected chi connectivity index (χ4v) is 3.21. The van der Waals surface area contributed by atoms with Crippen molar-refractivity contribution in [1.29, 1.82) is 0 Å². The van der Waals surface area contributed by atoms with Crippen LogP contribution in [0.1, 0.15) is 5.56 Å². The van der Waals surface area contributed by atoms with Gasteiger partial charge in [-0.05, 0) is 30.2 Å². The number of thiazole rings is 1. The highest BCUT2D eigenvalue weighted by Crippen LogP contribution is 2.31. The van der Waals surface area contributed by atoms with E-state index >= 15 is 0 Å². The van der Waals surface area contributed by atoms with E-state index < -0.39 is 0 Å². The van der Waals surface area contributed by atoms with Gasteiger partial charge in [0.05, 0.1) is 6.26 Å². The van der Waals surface area contributed by atoms with Crippen molar-refractivity contribution in [2.75, 3.05) is 17.6 Å². The van der Waals surface area contributed by atoms with Gasteiger partial charge in [0, 0.05) is 18.9 Å². The van der Waals surface area contributed by atoms with E-state index in [1.807, 2.05) is 30.5 Å². The first-order valence-corrected chi connectivity index (χ1v) is 8.22. The van der Waals surface area contributed by atoms with Crippen LogP contribution in [0.4, 0.5) is 11.8 Å². The predicted octanol–water partition coefficient (Wildman–Crippen LogP) is 2.98. The third kappa shape index (κ3) is 2.91. The summed E-state index contributed by atoms with van der Waals surface area (Å²) in [5.74, 6) is 1.56. The van der Waals surface area contributed by atoms with Gasteiger partial charge < -0.3 is 15.5 Å². The van der Waals surface area contributed by atoms with Gasteiger partial charge >= 0.3 is 0 Å². The standard InChI is InChI=1S/C16H14N6OS/c17-13-12-15(24-14(20-12)11-4-2-8-23-11)22-16(21-13)19-7-5-10-3-1-6-18-9-10/h1-4,6,8-9H,5,7H2,(H3,17,19,21,22). The van der Waals surface area contributed by atoms with Crippen LogP contribution in [0.3, 0.4) is 0 Å². The first-order chi connectivity index (χ1) is 11.8. The molecule has 24 heavy (non-hydrogen) atoms. The number of rotatable bonds is 5. The Labute approximate surface area is 141 Å². The van der Waals surface area contributed by atoms with Gasteiger partial charge in [0.25, 0.3) is 0 Å². The van der Waals surface area contributed by atoms with Crippen LogP contribution < -0.4 is 11.1 Å². The van der Waals surface area contributed by atoms with Crippen LogP contribution in [0.5, 0.6) is 0 Å². The van der Waals surface area contributed by atoms with Gasteiger partial charge in [0.1, 0.15) is 5.52 Å². The van der Waals surface area contributed by atoms with Crippen molar-refractivity contribution in [2.24, 2.45) is 0 Å². The lowest BCUT2D eigenvalue weighted by atomic mass is 10.2. The SMILES string of the molecule is Nc1nc(NCCc2cccnc2)nc2sc(-c3ccco3)nc12. The molecule has 0 aliphatic carbocycles. The lowest BCUT2D eigenvalue weighted by Crippen LogP contribution is -2.09. The van der Waals surface area contributed by atoms with Crippen LogP contribution in [0, 0.1) is 0 Å². The Kier molecular flexibility index (Phi) is 3.80. The summed E-state index contributed by atoms with van der Waals surface area (Å²) in [5, 5.41) is 3.93. The molecule has 4 aromatic rings. The molecule has 4 heterocycles. The topological polar surface area (TPSA) is 103 Å². The zero-order valence-electron chi connectivity index (χ0n) is 12.6. The highest BCUT2D eigenvalue weighted by molar-refractivity contribution is 7.21. The smallest absolute Gasteiger partial charge is 0.226 e. The summed E-state index contributed by atoms with van der Waals surface area (Å²) in [7, 11) is 0. The van der Waals surface area contributed by atoms with Gasteiger partial charge in [0.15, 0.2) is 21.4 Å². The maximum Gasteiger partial charge on any atom is 0.226 e. The number of hydrogen-bond donors (Lipinski definition) is 2. The Hall–Kier alpha value is -3.00. The minimum Gasteiger partial charge on any atom is -0.462 e. The molecule has 0 aromatic carbocycles. The van der Waals surface area contributed by atoms with Crippen molar-refractivity contribution in [2.45, 2.75) is 6.42 Å². The molecule has 0 fully saturated rings. The molecule has 7 nitrogen and oxygen atoms in total. The highest BCUT2D eigenvalue weighted by Gasteiger charge is 2.14. The molecule has 0 saturated carbocycles. The van der Waals surface area contributed by atoms with Crippen LogP contribution in [-0.2, 0) is 6.42 Å². The molecule has 120 valence electrons. The molecule has 0 amide bonds. The number of hydrogen-bond acceptors (Lipinski definition) is 8. The number of fused-ring (bicyclic) bond motifs is 1. The van der Waals surface area contributed by atoms with Crippen molar-refractivity contribution >= 4 is 33.5 Å². The number of nitrogens with two attached hydrogens (primary N) is 1. The normalized spacial score (nSPS) is 11.0. The molecule has 0 aliphatic rings. The molecule has 8 heteroatoms. The Balaban J connectivity index is 1.54. The van der Waals surface area contributed by atoms with Crippen LogP contribution in [-0.4, -0.2) is 26.5 Å². The van der Waals surface area contributed by atoms with Gasteiger partial charge in [-0.25, -0.2) is 9.97 Å². The molecule has 0 radical (unpaired) electrons. The van der Waals surface area contributed by atoms with Gasteiger partial charge in [0.2, 0.25) is 5.95 Å². The maximum absolute atomic E-state index is 6.02. The summed E-state index contributed by atoms with van der Waals surface area (Å²) >= 11 is 1.43. The number of furan rings is 1. The number of aromatic nitrogens is 4. The zero-order chi connectivity index (χ0) is 16.4. The minimum absolute atomic E-state index is 0.359. The third-order valence-corrected chi connectivity index (χ3v) is 4.40. The maximum atomic E-state index is 6.02. The van der Waals surface area contributed by atoms with Crippen molar-refractivity contribution in [3.05, 3.63) is 48.5 Å². The second-order valence-corrected chi connectivity index (χ2v) is 6.10. The van der Waals surface area contributed by atoms with Crippen molar-refractivity contribution in [1.82, 2.24) is 19.9 Å². The Morgan fingerprint density at radius 1 is 1.17 bits per heavy atom. The zero-order valence-corrected chi connectivity index (χ0v) is 13.5. The van der Waals surface area contributed by atoms with E-state index in [9.17, 15) is 0 Å². The minimum atomic E-state index is 0.359. The fraction of sp³-hybridized carbons (Fsp3) is 0.125. The molecule has 0 aliphatic heterocycles. The van der Waals surface area contributed by atoms with Crippen LogP contribution >= 0.6 is 11.3 Å². The summed E-state index contributed by atoms with van der Waals surface area (Å²) < 4.78 is 5.37. The number of pyridine rings is 1. The van der Waals surface area contributed by atoms with E-state index in [1.165, 1.54) is 11.3 Å². The lowest BCUT2D eigenvalue weighted by Gasteiger charge is -2.05. The largest absolute Gasteiger partial charge is 0.462 e. The summed E-state index contributed by atoms with van der Waals surface area (Å²) in [6.45, 7) is 0.695. The van der Waals surface area contributed by atoms with Gasteiger partial charge in [-0.15, -0.1) is 0 Å². The number of nitrogens with one attached hydrogen (secondary N) is 1. The van der Waals surface area contributed by atoms with E-state index in [4.69, 9.17) is 10.2 Å². The first kappa shape index (κ1) is 14.6. The summed E-state index contributed by atoms with van der Waals surface area (Å²) in [6, 6.07) is 7.63. The van der Waals surface area contributed by atoms with E-state index in [2.05, 4.69) is 25.3 Å². The van der Waals surface area contributed by atoms with Gasteiger partial charge in [-0.1, -0.05) is 17.4 Å². The van der Waals surface area contributed by atoms with Crippen molar-refractivity contribution < 1.29 is 4.42 Å². The lowest BCUT2D eigenvalue weighted by molar-refractivity contribution is 0.582. The van der Waals surface area contributed by atoms with Crippen LogP contribution in [0.25, 0.3) is 21.1 Å². The molecular weight excluding hydrogens is 324 g/mol. The molecule has 0 bridgehead atoms. The molecule has 0 spiro atoms. The van der Waals surface area contributed by atoms with Gasteiger partial charge in [-0.2, -0.15) is 4.98 Å². The average molecular weight is 338 g/mol. The second-order valence-electron chi connectivity index (χ2n) is 5.12. The first-order valence-electron chi connectivity index (χ1n) is 7.40. The van der Waals surface area contributed by atoms with E-state index in [1.54, 1.807) is 12.5 Å². The van der Waals surface area contributed by atoms with E-state index in [0.717, 1.165) is 21.8 Å². The predicted molar refractivity (Wildman–Crippen MR) is 93.8 cm³/mol. The Morgan fingerprint density at radius 3 is 2.92 bits per heavy atom. The Bertz CT molecular complexity index is 952. The molecule has 3 N–H and O–H groups in total. The average Bonchev–Trinajstić information content (AvgIpc) is 3.25. The van der Waals surface area contributed by atoms with E-state index in [0.29, 0.717) is 29.6 Å². The quantitative estimate of drug-likeness (QED) is 0.576. The molecule has 0 saturated heterocycles. The molecule has 0 atom stereocenters. The number of anilines is 2. The summed E-state index contributed by atoms with van der Waals surface area (Å²) in [5.41, 5.74) is 7.77. The number of nitrogens with zero attached hydrogens (tertiary/aromatic N) is 4. The van der Waals surface area contributed by atoms with Crippen molar-refractivity contribution in [3.8, 4) is 10.8 Å². The molecule has 4 aromatic heterocycles. The fourth-order valence-electron chi connectivity index (χ4n) is 2.29. The van der Waals surface area contributed by atoms with Crippen LogP contribution in [0.15, 0.2) is 47.3 Å². The third-order valence-electron chi connectivity index (χ3n) is 3.44. The molecule has 0 unspecified atom stereocenters. The highest BCUT2D eigenvalue weighted by atomic mass is 32.1. The number of nitrogen functional groups attached to an aromatic ring is 1. The summed E-state index contributed by atoms with van der Waals surface area (Å²) in [4.78, 5) is 18.1. The Morgan fingerprint density at radius 2 is 2.12 bits per heavy atom. The van der Waals surface area contributed by atoms with Crippen molar-refractivity contribution in [3.63, 3.8) is 0 Å². The van der Waals surface area contributed by atoms with E-state index in [-0.39, 0.29) is 0 Å². The summed E-state index contributed by atoms with van der Waals surface area (Å²) in [6.07, 6.45) is 6.05. The molecular formula is C16H14N6OS. The van der Waals surface area contributed by atoms with Crippen LogP contribution in [0.2, 0.25) is 0 Å². The van der Waals surface area contributed by atoms with Gasteiger partial charge in [-0.3, -0.25) is 4.98 Å². The monoisotopic (exact) mass is 338 g/mol.